The molecule has 8 heteroatoms. The van der Waals surface area contributed by atoms with Crippen LogP contribution < -0.4 is 14.8 Å². The van der Waals surface area contributed by atoms with Crippen molar-refractivity contribution in [3.63, 3.8) is 0 Å². The van der Waals surface area contributed by atoms with E-state index in [0.717, 1.165) is 0 Å². The fourth-order valence-electron chi connectivity index (χ4n) is 2.10. The molecule has 0 aromatic heterocycles. The van der Waals surface area contributed by atoms with Gasteiger partial charge in [-0.05, 0) is 48.9 Å². The summed E-state index contributed by atoms with van der Waals surface area (Å²) in [6.45, 7) is 3.61. The fourth-order valence-corrected chi connectivity index (χ4v) is 3.18. The van der Waals surface area contributed by atoms with Gasteiger partial charge in [0.05, 0.1) is 17.7 Å². The molecule has 26 heavy (non-hydrogen) atoms. The first-order valence-corrected chi connectivity index (χ1v) is 9.56. The van der Waals surface area contributed by atoms with Gasteiger partial charge < -0.3 is 15.2 Å². The number of methoxy groups -OCH3 is 1. The maximum atomic E-state index is 12.6. The summed E-state index contributed by atoms with van der Waals surface area (Å²) in [5.74, 6) is -0.148. The minimum Gasteiger partial charge on any atom is -0.506 e. The lowest BCUT2D eigenvalue weighted by atomic mass is 10.1. The van der Waals surface area contributed by atoms with Gasteiger partial charge in [-0.2, -0.15) is 0 Å². The van der Waals surface area contributed by atoms with E-state index in [1.165, 1.54) is 25.3 Å². The van der Waals surface area contributed by atoms with Crippen molar-refractivity contribution in [1.82, 2.24) is 0 Å². The first kappa shape index (κ1) is 19.6. The van der Waals surface area contributed by atoms with E-state index in [0.29, 0.717) is 17.9 Å². The van der Waals surface area contributed by atoms with Crippen molar-refractivity contribution < 1.29 is 23.1 Å². The number of phenols is 1. The molecule has 2 aromatic carbocycles. The number of hydrogen-bond acceptors (Lipinski definition) is 5. The monoisotopic (exact) mass is 378 g/mol. The summed E-state index contributed by atoms with van der Waals surface area (Å²) in [6, 6.07) is 10.1. The second kappa shape index (κ2) is 8.09. The molecule has 2 rings (SSSR count). The molecule has 7 nitrogen and oxygen atoms in total. The van der Waals surface area contributed by atoms with Gasteiger partial charge in [-0.3, -0.25) is 9.52 Å². The highest BCUT2D eigenvalue weighted by atomic mass is 32.2. The van der Waals surface area contributed by atoms with Crippen molar-refractivity contribution in [3.05, 3.63) is 42.5 Å². The molecule has 1 atom stereocenters. The number of sulfonamides is 1. The molecule has 0 heterocycles. The van der Waals surface area contributed by atoms with Gasteiger partial charge in [-0.25, -0.2) is 8.42 Å². The van der Waals surface area contributed by atoms with Crippen LogP contribution >= 0.6 is 0 Å². The number of carbonyl (C=O) groups excluding carboxylic acids is 1. The third kappa shape index (κ3) is 4.66. The molecule has 1 amide bonds. The van der Waals surface area contributed by atoms with Crippen molar-refractivity contribution in [1.29, 1.82) is 0 Å². The van der Waals surface area contributed by atoms with Gasteiger partial charge in [0.15, 0.2) is 0 Å². The Labute approximate surface area is 153 Å². The van der Waals surface area contributed by atoms with Crippen molar-refractivity contribution >= 4 is 27.3 Å². The predicted molar refractivity (Wildman–Crippen MR) is 100.0 cm³/mol. The third-order valence-corrected chi connectivity index (χ3v) is 5.32. The number of benzene rings is 2. The highest BCUT2D eigenvalue weighted by Crippen LogP contribution is 2.28. The summed E-state index contributed by atoms with van der Waals surface area (Å²) in [6.07, 6.45) is 0.629. The van der Waals surface area contributed by atoms with Crippen LogP contribution in [0.1, 0.15) is 20.3 Å². The molecule has 0 bridgehead atoms. The van der Waals surface area contributed by atoms with Gasteiger partial charge in [0, 0.05) is 11.6 Å². The van der Waals surface area contributed by atoms with Gasteiger partial charge in [0.25, 0.3) is 10.0 Å². The quantitative estimate of drug-likeness (QED) is 0.642. The maximum absolute atomic E-state index is 12.6. The van der Waals surface area contributed by atoms with E-state index in [-0.39, 0.29) is 28.2 Å². The van der Waals surface area contributed by atoms with Crippen LogP contribution in [0.4, 0.5) is 11.4 Å². The molecule has 3 N–H and O–H groups in total. The molecule has 0 saturated carbocycles. The summed E-state index contributed by atoms with van der Waals surface area (Å²) < 4.78 is 32.6. The Kier molecular flexibility index (Phi) is 6.10. The minimum atomic E-state index is -3.89. The number of hydrogen-bond donors (Lipinski definition) is 3. The van der Waals surface area contributed by atoms with Crippen molar-refractivity contribution in [3.8, 4) is 11.5 Å². The lowest BCUT2D eigenvalue weighted by Crippen LogP contribution is -2.20. The zero-order chi connectivity index (χ0) is 19.3. The number of ether oxygens (including phenoxy) is 1. The molecule has 0 fully saturated rings. The Morgan fingerprint density at radius 3 is 2.42 bits per heavy atom. The predicted octanol–water partition coefficient (Wildman–Crippen LogP) is 3.19. The number of rotatable bonds is 7. The van der Waals surface area contributed by atoms with Crippen LogP contribution in [-0.2, 0) is 14.8 Å². The molecular formula is C18H22N2O5S. The van der Waals surface area contributed by atoms with Crippen LogP contribution in [0.3, 0.4) is 0 Å². The summed E-state index contributed by atoms with van der Waals surface area (Å²) in [4.78, 5) is 11.9. The molecule has 2 aromatic rings. The number of phenolic OH excluding ortho intramolecular Hbond substituents is 1. The number of carbonyl (C=O) groups is 1. The topological polar surface area (TPSA) is 105 Å². The average molecular weight is 378 g/mol. The molecule has 140 valence electrons. The van der Waals surface area contributed by atoms with Crippen LogP contribution in [-0.4, -0.2) is 26.5 Å². The molecule has 0 spiro atoms. The normalized spacial score (nSPS) is 12.3. The van der Waals surface area contributed by atoms with E-state index in [2.05, 4.69) is 10.0 Å². The smallest absolute Gasteiger partial charge is 0.261 e. The van der Waals surface area contributed by atoms with E-state index in [1.807, 2.05) is 6.92 Å². The molecule has 0 radical (unpaired) electrons. The number of anilines is 2. The van der Waals surface area contributed by atoms with E-state index in [9.17, 15) is 18.3 Å². The molecule has 1 unspecified atom stereocenters. The van der Waals surface area contributed by atoms with Crippen molar-refractivity contribution in [2.24, 2.45) is 5.92 Å². The largest absolute Gasteiger partial charge is 0.506 e. The van der Waals surface area contributed by atoms with Crippen LogP contribution in [0.15, 0.2) is 47.4 Å². The number of amides is 1. The second-order valence-electron chi connectivity index (χ2n) is 5.81. The lowest BCUT2D eigenvalue weighted by molar-refractivity contribution is -0.119. The van der Waals surface area contributed by atoms with Crippen molar-refractivity contribution in [2.75, 3.05) is 17.1 Å². The highest BCUT2D eigenvalue weighted by molar-refractivity contribution is 7.92. The zero-order valence-corrected chi connectivity index (χ0v) is 15.6. The van der Waals surface area contributed by atoms with Crippen LogP contribution in [0.2, 0.25) is 0 Å². The van der Waals surface area contributed by atoms with Crippen LogP contribution in [0.25, 0.3) is 0 Å². The van der Waals surface area contributed by atoms with E-state index >= 15 is 0 Å². The second-order valence-corrected chi connectivity index (χ2v) is 7.49. The molecule has 0 aliphatic rings. The molecule has 0 aliphatic heterocycles. The first-order valence-electron chi connectivity index (χ1n) is 8.07. The zero-order valence-electron chi connectivity index (χ0n) is 14.8. The van der Waals surface area contributed by atoms with Gasteiger partial charge in [0.1, 0.15) is 11.5 Å². The molecule has 0 saturated heterocycles. The van der Waals surface area contributed by atoms with E-state index < -0.39 is 10.0 Å². The van der Waals surface area contributed by atoms with E-state index in [4.69, 9.17) is 4.74 Å². The Hall–Kier alpha value is -2.74. The highest BCUT2D eigenvalue weighted by Gasteiger charge is 2.18. The first-order chi connectivity index (χ1) is 12.3. The van der Waals surface area contributed by atoms with Crippen LogP contribution in [0.5, 0.6) is 11.5 Å². The molecule has 0 aliphatic carbocycles. The van der Waals surface area contributed by atoms with Gasteiger partial charge in [0.2, 0.25) is 5.91 Å². The van der Waals surface area contributed by atoms with Gasteiger partial charge >= 0.3 is 0 Å². The Morgan fingerprint density at radius 2 is 1.85 bits per heavy atom. The Bertz CT molecular complexity index is 879. The summed E-state index contributed by atoms with van der Waals surface area (Å²) in [7, 11) is -2.37. The Morgan fingerprint density at radius 1 is 1.19 bits per heavy atom. The standard InChI is InChI=1S/C18H22N2O5S/c1-4-12(2)18(22)19-16-11-15(9-10-17(16)21)26(23,24)20-13-5-7-14(25-3)8-6-13/h5-12,20-21H,4H2,1-3H3,(H,19,22). The van der Waals surface area contributed by atoms with Gasteiger partial charge in [-0.1, -0.05) is 13.8 Å². The Balaban J connectivity index is 2.25. The maximum Gasteiger partial charge on any atom is 0.261 e. The summed E-state index contributed by atoms with van der Waals surface area (Å²) >= 11 is 0. The average Bonchev–Trinajstić information content (AvgIpc) is 2.62. The summed E-state index contributed by atoms with van der Waals surface area (Å²) in [5, 5.41) is 12.5. The number of nitrogens with one attached hydrogen (secondary N) is 2. The van der Waals surface area contributed by atoms with E-state index in [1.54, 1.807) is 31.2 Å². The lowest BCUT2D eigenvalue weighted by Gasteiger charge is -2.13. The van der Waals surface area contributed by atoms with Crippen molar-refractivity contribution in [2.45, 2.75) is 25.2 Å². The summed E-state index contributed by atoms with van der Waals surface area (Å²) in [5.41, 5.74) is 0.414. The third-order valence-electron chi connectivity index (χ3n) is 3.94. The minimum absolute atomic E-state index is 0.0490. The SMILES string of the molecule is CCC(C)C(=O)Nc1cc(S(=O)(=O)Nc2ccc(OC)cc2)ccc1O. The van der Waals surface area contributed by atoms with Crippen LogP contribution in [0, 0.1) is 5.92 Å². The molecular weight excluding hydrogens is 356 g/mol. The fraction of sp³-hybridized carbons (Fsp3) is 0.278. The van der Waals surface area contributed by atoms with Gasteiger partial charge in [-0.15, -0.1) is 0 Å². The number of aromatic hydroxyl groups is 1.